The lowest BCUT2D eigenvalue weighted by Gasteiger charge is -2.03. The van der Waals surface area contributed by atoms with E-state index in [4.69, 9.17) is 17.3 Å². The number of anilines is 1. The Kier molecular flexibility index (Phi) is 2.93. The summed E-state index contributed by atoms with van der Waals surface area (Å²) in [6, 6.07) is 17.0. The molecule has 0 radical (unpaired) electrons. The molecule has 2 aromatic carbocycles. The maximum absolute atomic E-state index is 6.11. The molecule has 0 aliphatic carbocycles. The van der Waals surface area contributed by atoms with Crippen molar-refractivity contribution in [2.45, 2.75) is 0 Å². The van der Waals surface area contributed by atoms with Crippen molar-refractivity contribution < 1.29 is 0 Å². The molecule has 0 fully saturated rings. The second-order valence-corrected chi connectivity index (χ2v) is 4.52. The second kappa shape index (κ2) is 4.74. The minimum atomic E-state index is 0.494. The summed E-state index contributed by atoms with van der Waals surface area (Å²) in [4.78, 5) is 0. The van der Waals surface area contributed by atoms with Gasteiger partial charge in [-0.3, -0.25) is 0 Å². The van der Waals surface area contributed by atoms with E-state index in [1.54, 1.807) is 4.68 Å². The van der Waals surface area contributed by atoms with Gasteiger partial charge < -0.3 is 5.73 Å². The molecule has 1 aromatic heterocycles. The molecule has 19 heavy (non-hydrogen) atoms. The number of nitrogen functional groups attached to an aromatic ring is 1. The Hall–Kier alpha value is -2.33. The van der Waals surface area contributed by atoms with Gasteiger partial charge in [0, 0.05) is 10.6 Å². The average Bonchev–Trinajstić information content (AvgIpc) is 2.81. The van der Waals surface area contributed by atoms with Gasteiger partial charge in [0.2, 0.25) is 0 Å². The topological polar surface area (TPSA) is 56.7 Å². The van der Waals surface area contributed by atoms with E-state index in [1.807, 2.05) is 54.6 Å². The first-order valence-corrected chi connectivity index (χ1v) is 6.16. The Bertz CT molecular complexity index is 706. The zero-order chi connectivity index (χ0) is 13.2. The van der Waals surface area contributed by atoms with Crippen LogP contribution in [-0.4, -0.2) is 15.0 Å². The molecule has 0 amide bonds. The minimum Gasteiger partial charge on any atom is -0.382 e. The number of para-hydroxylation sites is 1. The summed E-state index contributed by atoms with van der Waals surface area (Å²) in [7, 11) is 0. The zero-order valence-corrected chi connectivity index (χ0v) is 10.7. The molecule has 2 N–H and O–H groups in total. The van der Waals surface area contributed by atoms with Gasteiger partial charge in [-0.2, -0.15) is 4.68 Å². The Morgan fingerprint density at radius 1 is 1.00 bits per heavy atom. The summed E-state index contributed by atoms with van der Waals surface area (Å²) in [5.74, 6) is 0.494. The first kappa shape index (κ1) is 11.7. The van der Waals surface area contributed by atoms with Gasteiger partial charge in [0.15, 0.2) is 5.82 Å². The van der Waals surface area contributed by atoms with Crippen molar-refractivity contribution in [2.75, 3.05) is 5.73 Å². The van der Waals surface area contributed by atoms with E-state index >= 15 is 0 Å². The normalized spacial score (nSPS) is 10.6. The SMILES string of the molecule is Nc1c(-c2cccc(Cl)c2)nnn1-c1ccccc1. The lowest BCUT2D eigenvalue weighted by atomic mass is 10.1. The van der Waals surface area contributed by atoms with Gasteiger partial charge >= 0.3 is 0 Å². The molecular weight excluding hydrogens is 260 g/mol. The number of nitrogens with zero attached hydrogens (tertiary/aromatic N) is 3. The molecule has 3 rings (SSSR count). The number of aromatic nitrogens is 3. The number of halogens is 1. The predicted molar refractivity (Wildman–Crippen MR) is 76.2 cm³/mol. The Morgan fingerprint density at radius 3 is 2.53 bits per heavy atom. The van der Waals surface area contributed by atoms with Gasteiger partial charge in [-0.1, -0.05) is 47.1 Å². The van der Waals surface area contributed by atoms with Gasteiger partial charge in [-0.05, 0) is 24.3 Å². The summed E-state index contributed by atoms with van der Waals surface area (Å²) >= 11 is 5.98. The molecule has 0 saturated carbocycles. The summed E-state index contributed by atoms with van der Waals surface area (Å²) < 4.78 is 1.61. The monoisotopic (exact) mass is 270 g/mol. The first-order valence-electron chi connectivity index (χ1n) is 5.78. The van der Waals surface area contributed by atoms with Crippen LogP contribution in [0.1, 0.15) is 0 Å². The predicted octanol–water partition coefficient (Wildman–Crippen LogP) is 3.17. The summed E-state index contributed by atoms with van der Waals surface area (Å²) in [5.41, 5.74) is 8.47. The zero-order valence-electron chi connectivity index (χ0n) is 9.99. The van der Waals surface area contributed by atoms with Crippen LogP contribution in [0.15, 0.2) is 54.6 Å². The van der Waals surface area contributed by atoms with Crippen LogP contribution in [0.25, 0.3) is 16.9 Å². The molecule has 0 saturated heterocycles. The maximum Gasteiger partial charge on any atom is 0.155 e. The van der Waals surface area contributed by atoms with Gasteiger partial charge in [-0.25, -0.2) is 0 Å². The lowest BCUT2D eigenvalue weighted by molar-refractivity contribution is 0.810. The van der Waals surface area contributed by atoms with E-state index < -0.39 is 0 Å². The molecule has 4 nitrogen and oxygen atoms in total. The fourth-order valence-electron chi connectivity index (χ4n) is 1.89. The highest BCUT2D eigenvalue weighted by atomic mass is 35.5. The molecule has 0 atom stereocenters. The van der Waals surface area contributed by atoms with Crippen molar-refractivity contribution in [3.63, 3.8) is 0 Å². The molecule has 3 aromatic rings. The molecule has 0 bridgehead atoms. The van der Waals surface area contributed by atoms with Crippen LogP contribution in [0.4, 0.5) is 5.82 Å². The second-order valence-electron chi connectivity index (χ2n) is 4.08. The third kappa shape index (κ3) is 2.18. The van der Waals surface area contributed by atoms with Crippen LogP contribution in [0.5, 0.6) is 0 Å². The largest absolute Gasteiger partial charge is 0.382 e. The lowest BCUT2D eigenvalue weighted by Crippen LogP contribution is -2.01. The van der Waals surface area contributed by atoms with Crippen molar-refractivity contribution in [3.8, 4) is 16.9 Å². The molecule has 0 spiro atoms. The van der Waals surface area contributed by atoms with Crippen LogP contribution in [-0.2, 0) is 0 Å². The van der Waals surface area contributed by atoms with Crippen molar-refractivity contribution in [3.05, 3.63) is 59.6 Å². The maximum atomic E-state index is 6.11. The number of hydrogen-bond acceptors (Lipinski definition) is 3. The third-order valence-corrected chi connectivity index (χ3v) is 3.04. The minimum absolute atomic E-state index is 0.494. The van der Waals surface area contributed by atoms with Crippen LogP contribution in [0.2, 0.25) is 5.02 Å². The van der Waals surface area contributed by atoms with Crippen LogP contribution >= 0.6 is 11.6 Å². The summed E-state index contributed by atoms with van der Waals surface area (Å²) in [5, 5.41) is 8.87. The fraction of sp³-hybridized carbons (Fsp3) is 0. The molecule has 0 aliphatic heterocycles. The van der Waals surface area contributed by atoms with E-state index in [-0.39, 0.29) is 0 Å². The van der Waals surface area contributed by atoms with Crippen LogP contribution in [0, 0.1) is 0 Å². The van der Waals surface area contributed by atoms with Gasteiger partial charge in [0.05, 0.1) is 5.69 Å². The standard InChI is InChI=1S/C14H11ClN4/c15-11-6-4-5-10(9-11)13-14(16)19(18-17-13)12-7-2-1-3-8-12/h1-9H,16H2. The smallest absolute Gasteiger partial charge is 0.155 e. The van der Waals surface area contributed by atoms with Gasteiger partial charge in [0.1, 0.15) is 5.69 Å². The molecule has 0 unspecified atom stereocenters. The van der Waals surface area contributed by atoms with E-state index in [0.29, 0.717) is 16.5 Å². The number of nitrogens with two attached hydrogens (primary N) is 1. The third-order valence-electron chi connectivity index (χ3n) is 2.80. The number of rotatable bonds is 2. The Labute approximate surface area is 115 Å². The van der Waals surface area contributed by atoms with Gasteiger partial charge in [0.25, 0.3) is 0 Å². The quantitative estimate of drug-likeness (QED) is 0.778. The highest BCUT2D eigenvalue weighted by Crippen LogP contribution is 2.26. The highest BCUT2D eigenvalue weighted by Gasteiger charge is 2.12. The van der Waals surface area contributed by atoms with E-state index in [2.05, 4.69) is 10.3 Å². The molecule has 94 valence electrons. The van der Waals surface area contributed by atoms with Crippen molar-refractivity contribution in [1.29, 1.82) is 0 Å². The number of benzene rings is 2. The molecule has 5 heteroatoms. The van der Waals surface area contributed by atoms with Crippen LogP contribution in [0.3, 0.4) is 0 Å². The van der Waals surface area contributed by atoms with Gasteiger partial charge in [-0.15, -0.1) is 5.10 Å². The van der Waals surface area contributed by atoms with E-state index in [1.165, 1.54) is 0 Å². The van der Waals surface area contributed by atoms with E-state index in [9.17, 15) is 0 Å². The Balaban J connectivity index is 2.09. The molecule has 1 heterocycles. The van der Waals surface area contributed by atoms with Crippen molar-refractivity contribution in [1.82, 2.24) is 15.0 Å². The highest BCUT2D eigenvalue weighted by molar-refractivity contribution is 6.30. The molecule has 0 aliphatic rings. The summed E-state index contributed by atoms with van der Waals surface area (Å²) in [6.07, 6.45) is 0. The van der Waals surface area contributed by atoms with Crippen LogP contribution < -0.4 is 5.73 Å². The summed E-state index contributed by atoms with van der Waals surface area (Å²) in [6.45, 7) is 0. The Morgan fingerprint density at radius 2 is 1.79 bits per heavy atom. The molecular formula is C14H11ClN4. The number of hydrogen-bond donors (Lipinski definition) is 1. The van der Waals surface area contributed by atoms with Crippen molar-refractivity contribution in [2.24, 2.45) is 0 Å². The van der Waals surface area contributed by atoms with Crippen molar-refractivity contribution >= 4 is 17.4 Å². The average molecular weight is 271 g/mol. The van der Waals surface area contributed by atoms with E-state index in [0.717, 1.165) is 11.3 Å². The fourth-order valence-corrected chi connectivity index (χ4v) is 2.08. The first-order chi connectivity index (χ1) is 9.25.